The van der Waals surface area contributed by atoms with Gasteiger partial charge >= 0.3 is 0 Å². The van der Waals surface area contributed by atoms with Crippen LogP contribution in [-0.2, 0) is 0 Å². The number of carbonyl (C=O) groups excluding carboxylic acids is 1. The van der Waals surface area contributed by atoms with Gasteiger partial charge in [-0.05, 0) is 36.8 Å². The lowest BCUT2D eigenvalue weighted by Crippen LogP contribution is -2.11. The van der Waals surface area contributed by atoms with Gasteiger partial charge in [0.1, 0.15) is 10.8 Å². The summed E-state index contributed by atoms with van der Waals surface area (Å²) >= 11 is 7.08. The SMILES string of the molecule is CCCCOc1ccc2nc(NC(=O)c3ccc(Cl)c([N+](=O)[O-])c3)sc2c1. The number of unbranched alkanes of at least 4 members (excludes halogenated alkanes) is 1. The van der Waals surface area contributed by atoms with E-state index >= 15 is 0 Å². The molecule has 7 nitrogen and oxygen atoms in total. The Morgan fingerprint density at radius 1 is 1.33 bits per heavy atom. The minimum absolute atomic E-state index is 0.0212. The maximum Gasteiger partial charge on any atom is 0.288 e. The second-order valence-corrected chi connectivity index (χ2v) is 7.17. The molecule has 2 aromatic carbocycles. The number of fused-ring (bicyclic) bond motifs is 1. The summed E-state index contributed by atoms with van der Waals surface area (Å²) < 4.78 is 6.55. The van der Waals surface area contributed by atoms with Gasteiger partial charge in [0.2, 0.25) is 0 Å². The van der Waals surface area contributed by atoms with Crippen LogP contribution in [0.1, 0.15) is 30.1 Å². The van der Waals surface area contributed by atoms with E-state index < -0.39 is 10.8 Å². The molecule has 0 unspecified atom stereocenters. The summed E-state index contributed by atoms with van der Waals surface area (Å²) in [4.78, 5) is 27.1. The van der Waals surface area contributed by atoms with E-state index in [1.165, 1.54) is 23.5 Å². The first kappa shape index (κ1) is 19.1. The van der Waals surface area contributed by atoms with Gasteiger partial charge in [-0.15, -0.1) is 0 Å². The van der Waals surface area contributed by atoms with E-state index in [-0.39, 0.29) is 16.3 Å². The summed E-state index contributed by atoms with van der Waals surface area (Å²) in [5.74, 6) is 0.263. The molecule has 1 amide bonds. The fourth-order valence-electron chi connectivity index (χ4n) is 2.35. The van der Waals surface area contributed by atoms with Gasteiger partial charge < -0.3 is 4.74 Å². The first-order valence-corrected chi connectivity index (χ1v) is 9.46. The van der Waals surface area contributed by atoms with E-state index in [2.05, 4.69) is 17.2 Å². The van der Waals surface area contributed by atoms with Gasteiger partial charge in [-0.2, -0.15) is 0 Å². The maximum atomic E-state index is 12.4. The number of aromatic nitrogens is 1. The number of nitrogens with one attached hydrogen (secondary N) is 1. The number of nitro groups is 1. The van der Waals surface area contributed by atoms with Crippen molar-refractivity contribution >= 4 is 49.9 Å². The molecule has 0 saturated heterocycles. The summed E-state index contributed by atoms with van der Waals surface area (Å²) in [6.07, 6.45) is 2.04. The number of benzene rings is 2. The Kier molecular flexibility index (Phi) is 5.88. The highest BCUT2D eigenvalue weighted by Gasteiger charge is 2.17. The molecule has 3 rings (SSSR count). The van der Waals surface area contributed by atoms with Crippen LogP contribution in [0.3, 0.4) is 0 Å². The average Bonchev–Trinajstić information content (AvgIpc) is 3.03. The van der Waals surface area contributed by atoms with Crippen LogP contribution < -0.4 is 10.1 Å². The number of amides is 1. The number of anilines is 1. The van der Waals surface area contributed by atoms with Crippen LogP contribution in [-0.4, -0.2) is 22.4 Å². The lowest BCUT2D eigenvalue weighted by Gasteiger charge is -2.04. The molecule has 0 saturated carbocycles. The van der Waals surface area contributed by atoms with Crippen molar-refractivity contribution in [2.75, 3.05) is 11.9 Å². The molecular weight excluding hydrogens is 390 g/mol. The highest BCUT2D eigenvalue weighted by Crippen LogP contribution is 2.30. The number of hydrogen-bond acceptors (Lipinski definition) is 6. The Bertz CT molecular complexity index is 1010. The van der Waals surface area contributed by atoms with Crippen LogP contribution in [0.4, 0.5) is 10.8 Å². The van der Waals surface area contributed by atoms with Crippen molar-refractivity contribution in [3.8, 4) is 5.75 Å². The van der Waals surface area contributed by atoms with E-state index in [0.717, 1.165) is 34.9 Å². The number of ether oxygens (including phenoxy) is 1. The van der Waals surface area contributed by atoms with Gasteiger partial charge in [-0.1, -0.05) is 36.3 Å². The van der Waals surface area contributed by atoms with Crippen LogP contribution >= 0.6 is 22.9 Å². The molecule has 0 bridgehead atoms. The Balaban J connectivity index is 1.77. The van der Waals surface area contributed by atoms with Crippen LogP contribution in [0, 0.1) is 10.1 Å². The van der Waals surface area contributed by atoms with Crippen LogP contribution in [0.15, 0.2) is 36.4 Å². The van der Waals surface area contributed by atoms with Gasteiger partial charge in [-0.25, -0.2) is 4.98 Å². The Hall–Kier alpha value is -2.71. The van der Waals surface area contributed by atoms with Gasteiger partial charge in [0, 0.05) is 11.6 Å². The fourth-order valence-corrected chi connectivity index (χ4v) is 3.42. The molecule has 0 aliphatic carbocycles. The first-order valence-electron chi connectivity index (χ1n) is 8.26. The molecule has 140 valence electrons. The normalized spacial score (nSPS) is 10.7. The van der Waals surface area contributed by atoms with Crippen molar-refractivity contribution in [1.82, 2.24) is 4.98 Å². The molecule has 0 radical (unpaired) electrons. The summed E-state index contributed by atoms with van der Waals surface area (Å²) in [7, 11) is 0. The van der Waals surface area contributed by atoms with Crippen molar-refractivity contribution in [2.24, 2.45) is 0 Å². The van der Waals surface area contributed by atoms with Gasteiger partial charge in [0.15, 0.2) is 5.13 Å². The van der Waals surface area contributed by atoms with Gasteiger partial charge in [0.25, 0.3) is 11.6 Å². The number of thiazole rings is 1. The lowest BCUT2D eigenvalue weighted by molar-refractivity contribution is -0.384. The zero-order chi connectivity index (χ0) is 19.4. The van der Waals surface area contributed by atoms with Crippen LogP contribution in [0.2, 0.25) is 5.02 Å². The van der Waals surface area contributed by atoms with E-state index in [0.29, 0.717) is 11.7 Å². The molecule has 27 heavy (non-hydrogen) atoms. The second kappa shape index (κ2) is 8.32. The molecule has 0 aliphatic heterocycles. The molecule has 0 spiro atoms. The quantitative estimate of drug-likeness (QED) is 0.327. The predicted molar refractivity (Wildman–Crippen MR) is 106 cm³/mol. The van der Waals surface area contributed by atoms with Crippen LogP contribution in [0.25, 0.3) is 10.2 Å². The van der Waals surface area contributed by atoms with Crippen molar-refractivity contribution in [3.05, 3.63) is 57.1 Å². The minimum Gasteiger partial charge on any atom is -0.494 e. The Morgan fingerprint density at radius 2 is 2.15 bits per heavy atom. The molecule has 3 aromatic rings. The molecule has 0 aliphatic rings. The van der Waals surface area contributed by atoms with E-state index in [4.69, 9.17) is 16.3 Å². The van der Waals surface area contributed by atoms with E-state index in [1.807, 2.05) is 18.2 Å². The van der Waals surface area contributed by atoms with Crippen molar-refractivity contribution in [2.45, 2.75) is 19.8 Å². The minimum atomic E-state index is -0.628. The van der Waals surface area contributed by atoms with Gasteiger partial charge in [-0.3, -0.25) is 20.2 Å². The third kappa shape index (κ3) is 4.53. The second-order valence-electron chi connectivity index (χ2n) is 5.73. The van der Waals surface area contributed by atoms with Crippen molar-refractivity contribution in [3.63, 3.8) is 0 Å². The molecule has 1 N–H and O–H groups in total. The zero-order valence-corrected chi connectivity index (χ0v) is 16.0. The number of nitro benzene ring substituents is 1. The summed E-state index contributed by atoms with van der Waals surface area (Å²) in [5.41, 5.74) is 0.552. The fraction of sp³-hybridized carbons (Fsp3) is 0.222. The molecule has 0 atom stereocenters. The molecular formula is C18H16ClN3O4S. The Morgan fingerprint density at radius 3 is 2.89 bits per heavy atom. The van der Waals surface area contributed by atoms with Crippen molar-refractivity contribution in [1.29, 1.82) is 0 Å². The summed E-state index contributed by atoms with van der Waals surface area (Å²) in [5, 5.41) is 14.0. The number of carbonyl (C=O) groups is 1. The Labute approximate surface area is 164 Å². The summed E-state index contributed by atoms with van der Waals surface area (Å²) in [6.45, 7) is 2.75. The zero-order valence-electron chi connectivity index (χ0n) is 14.4. The third-order valence-corrected chi connectivity index (χ3v) is 5.01. The van der Waals surface area contributed by atoms with E-state index in [1.54, 1.807) is 0 Å². The van der Waals surface area contributed by atoms with Gasteiger partial charge in [0.05, 0.1) is 21.7 Å². The highest BCUT2D eigenvalue weighted by atomic mass is 35.5. The first-order chi connectivity index (χ1) is 13.0. The standard InChI is InChI=1S/C18H16ClN3O4S/c1-2-3-8-26-12-5-7-14-16(10-12)27-18(20-14)21-17(23)11-4-6-13(19)15(9-11)22(24)25/h4-7,9-10H,2-3,8H2,1H3,(H,20,21,23). The average molecular weight is 406 g/mol. The van der Waals surface area contributed by atoms with Crippen LogP contribution in [0.5, 0.6) is 5.75 Å². The molecule has 1 aromatic heterocycles. The van der Waals surface area contributed by atoms with Crippen molar-refractivity contribution < 1.29 is 14.5 Å². The number of nitrogens with zero attached hydrogens (tertiary/aromatic N) is 2. The lowest BCUT2D eigenvalue weighted by atomic mass is 10.2. The third-order valence-electron chi connectivity index (χ3n) is 3.75. The smallest absolute Gasteiger partial charge is 0.288 e. The molecule has 1 heterocycles. The largest absolute Gasteiger partial charge is 0.494 e. The number of halogens is 1. The van der Waals surface area contributed by atoms with E-state index in [9.17, 15) is 14.9 Å². The molecule has 9 heteroatoms. The monoisotopic (exact) mass is 405 g/mol. The topological polar surface area (TPSA) is 94.4 Å². The predicted octanol–water partition coefficient (Wildman–Crippen LogP) is 5.29. The molecule has 0 fully saturated rings. The maximum absolute atomic E-state index is 12.4. The highest BCUT2D eigenvalue weighted by molar-refractivity contribution is 7.22. The number of hydrogen-bond donors (Lipinski definition) is 1. The summed E-state index contributed by atoms with van der Waals surface area (Å²) in [6, 6.07) is 9.45. The number of rotatable bonds is 7.